The fraction of sp³-hybridized carbons (Fsp3) is 0.438. The lowest BCUT2D eigenvalue weighted by molar-refractivity contribution is 0.120. The lowest BCUT2D eigenvalue weighted by Gasteiger charge is -2.13. The van der Waals surface area contributed by atoms with Crippen LogP contribution >= 0.6 is 0 Å². The topological polar surface area (TPSA) is 96.1 Å². The van der Waals surface area contributed by atoms with Crippen molar-refractivity contribution in [2.45, 2.75) is 37.7 Å². The Kier molecular flexibility index (Phi) is 4.77. The maximum absolute atomic E-state index is 12.5. The van der Waals surface area contributed by atoms with E-state index in [-0.39, 0.29) is 11.0 Å². The lowest BCUT2D eigenvalue weighted by Crippen LogP contribution is -2.18. The first-order chi connectivity index (χ1) is 11.5. The van der Waals surface area contributed by atoms with E-state index < -0.39 is 10.0 Å². The molecule has 3 rings (SSSR count). The number of benzene rings is 1. The number of nitrogens with one attached hydrogen (secondary N) is 3. The molecule has 1 unspecified atom stereocenters. The normalized spacial score (nSPS) is 17.8. The molecule has 0 saturated carbocycles. The predicted molar refractivity (Wildman–Crippen MR) is 92.8 cm³/mol. The number of aromatic nitrogens is 2. The van der Waals surface area contributed by atoms with Crippen LogP contribution < -0.4 is 10.0 Å². The summed E-state index contributed by atoms with van der Waals surface area (Å²) in [7, 11) is -3.65. The maximum atomic E-state index is 12.5. The van der Waals surface area contributed by atoms with Gasteiger partial charge in [0.2, 0.25) is 0 Å². The Hall–Kier alpha value is -2.06. The highest BCUT2D eigenvalue weighted by atomic mass is 32.2. The summed E-state index contributed by atoms with van der Waals surface area (Å²) in [5.74, 6) is 0. The van der Waals surface area contributed by atoms with Crippen molar-refractivity contribution in [1.29, 1.82) is 0 Å². The fourth-order valence-electron chi connectivity index (χ4n) is 2.84. The summed E-state index contributed by atoms with van der Waals surface area (Å²) < 4.78 is 33.1. The molecule has 1 saturated heterocycles. The van der Waals surface area contributed by atoms with Crippen LogP contribution in [0.1, 0.15) is 24.2 Å². The van der Waals surface area contributed by atoms with Gasteiger partial charge in [-0.3, -0.25) is 9.82 Å². The van der Waals surface area contributed by atoms with Gasteiger partial charge in [-0.05, 0) is 51.0 Å². The zero-order valence-corrected chi connectivity index (χ0v) is 14.6. The van der Waals surface area contributed by atoms with Crippen molar-refractivity contribution < 1.29 is 13.2 Å². The Labute approximate surface area is 141 Å². The second-order valence-electron chi connectivity index (χ2n) is 5.96. The predicted octanol–water partition coefficient (Wildman–Crippen LogP) is 2.42. The molecule has 24 heavy (non-hydrogen) atoms. The van der Waals surface area contributed by atoms with Crippen LogP contribution in [0.15, 0.2) is 29.2 Å². The summed E-state index contributed by atoms with van der Waals surface area (Å²) >= 11 is 0. The molecular weight excluding hydrogens is 328 g/mol. The van der Waals surface area contributed by atoms with Crippen LogP contribution in [0.5, 0.6) is 0 Å². The first kappa shape index (κ1) is 16.8. The third-order valence-electron chi connectivity index (χ3n) is 4.02. The minimum Gasteiger partial charge on any atom is -0.382 e. The molecule has 1 aromatic heterocycles. The van der Waals surface area contributed by atoms with Gasteiger partial charge < -0.3 is 10.1 Å². The molecule has 1 aliphatic rings. The molecule has 0 amide bonds. The van der Waals surface area contributed by atoms with Crippen LogP contribution in [0.4, 0.5) is 11.4 Å². The Morgan fingerprint density at radius 2 is 1.96 bits per heavy atom. The number of ether oxygens (including phenoxy) is 1. The highest BCUT2D eigenvalue weighted by Crippen LogP contribution is 2.22. The van der Waals surface area contributed by atoms with E-state index >= 15 is 0 Å². The highest BCUT2D eigenvalue weighted by Gasteiger charge is 2.22. The molecule has 0 radical (unpaired) electrons. The minimum absolute atomic E-state index is 0.197. The van der Waals surface area contributed by atoms with Crippen LogP contribution in [0.2, 0.25) is 0 Å². The van der Waals surface area contributed by atoms with Crippen molar-refractivity contribution >= 4 is 21.4 Å². The summed E-state index contributed by atoms with van der Waals surface area (Å²) in [5, 5.41) is 9.93. The third-order valence-corrected chi connectivity index (χ3v) is 5.67. The SMILES string of the molecule is Cc1n[nH]c(C)c1S(=O)(=O)Nc1ccc(NCC2CCCO2)cc1. The van der Waals surface area contributed by atoms with Crippen molar-refractivity contribution in [2.75, 3.05) is 23.2 Å². The van der Waals surface area contributed by atoms with Crippen molar-refractivity contribution in [2.24, 2.45) is 0 Å². The zero-order valence-electron chi connectivity index (χ0n) is 13.8. The molecule has 7 nitrogen and oxygen atoms in total. The Morgan fingerprint density at radius 1 is 1.25 bits per heavy atom. The quantitative estimate of drug-likeness (QED) is 0.743. The summed E-state index contributed by atoms with van der Waals surface area (Å²) in [6, 6.07) is 7.17. The van der Waals surface area contributed by atoms with E-state index in [9.17, 15) is 8.42 Å². The Bertz CT molecular complexity index is 774. The van der Waals surface area contributed by atoms with Gasteiger partial charge in [-0.1, -0.05) is 0 Å². The molecule has 1 atom stereocenters. The number of rotatable bonds is 6. The van der Waals surface area contributed by atoms with Crippen molar-refractivity contribution in [3.63, 3.8) is 0 Å². The summed E-state index contributed by atoms with van der Waals surface area (Å²) in [4.78, 5) is 0.197. The van der Waals surface area contributed by atoms with Gasteiger partial charge in [0.15, 0.2) is 0 Å². The zero-order chi connectivity index (χ0) is 17.2. The average Bonchev–Trinajstić information content (AvgIpc) is 3.16. The average molecular weight is 350 g/mol. The lowest BCUT2D eigenvalue weighted by atomic mass is 10.2. The van der Waals surface area contributed by atoms with Gasteiger partial charge in [-0.2, -0.15) is 5.10 Å². The number of aromatic amines is 1. The van der Waals surface area contributed by atoms with Crippen LogP contribution in [-0.2, 0) is 14.8 Å². The van der Waals surface area contributed by atoms with E-state index in [0.29, 0.717) is 17.1 Å². The molecule has 0 aliphatic carbocycles. The van der Waals surface area contributed by atoms with Crippen molar-refractivity contribution in [1.82, 2.24) is 10.2 Å². The second kappa shape index (κ2) is 6.82. The maximum Gasteiger partial charge on any atom is 0.265 e. The number of sulfonamides is 1. The van der Waals surface area contributed by atoms with E-state index in [1.54, 1.807) is 26.0 Å². The monoisotopic (exact) mass is 350 g/mol. The van der Waals surface area contributed by atoms with Crippen LogP contribution in [0.25, 0.3) is 0 Å². The molecule has 1 fully saturated rings. The third kappa shape index (κ3) is 3.70. The minimum atomic E-state index is -3.65. The number of hydrogen-bond acceptors (Lipinski definition) is 5. The fourth-order valence-corrected chi connectivity index (χ4v) is 4.27. The summed E-state index contributed by atoms with van der Waals surface area (Å²) in [6.07, 6.45) is 2.45. The van der Waals surface area contributed by atoms with Crippen LogP contribution in [-0.4, -0.2) is 37.9 Å². The van der Waals surface area contributed by atoms with E-state index in [1.165, 1.54) is 0 Å². The van der Waals surface area contributed by atoms with Crippen LogP contribution in [0.3, 0.4) is 0 Å². The number of H-pyrrole nitrogens is 1. The Morgan fingerprint density at radius 3 is 2.54 bits per heavy atom. The molecule has 2 heterocycles. The number of nitrogens with zero attached hydrogens (tertiary/aromatic N) is 1. The number of aryl methyl sites for hydroxylation is 2. The molecule has 2 aromatic rings. The summed E-state index contributed by atoms with van der Waals surface area (Å²) in [6.45, 7) is 4.95. The van der Waals surface area contributed by atoms with E-state index in [0.717, 1.165) is 31.7 Å². The molecular formula is C16H22N4O3S. The molecule has 0 spiro atoms. The van der Waals surface area contributed by atoms with Gasteiger partial charge in [-0.25, -0.2) is 8.42 Å². The van der Waals surface area contributed by atoms with E-state index in [4.69, 9.17) is 4.74 Å². The molecule has 0 bridgehead atoms. The first-order valence-electron chi connectivity index (χ1n) is 7.95. The first-order valence-corrected chi connectivity index (χ1v) is 9.44. The largest absolute Gasteiger partial charge is 0.382 e. The summed E-state index contributed by atoms with van der Waals surface area (Å²) in [5.41, 5.74) is 2.42. The standard InChI is InChI=1S/C16H22N4O3S/c1-11-16(12(2)19-18-11)24(21,22)20-14-7-5-13(6-8-14)17-10-15-4-3-9-23-15/h5-8,15,17,20H,3-4,9-10H2,1-2H3,(H,18,19). The van der Waals surface area contributed by atoms with Gasteiger partial charge in [0.05, 0.1) is 17.5 Å². The Balaban J connectivity index is 1.65. The van der Waals surface area contributed by atoms with Crippen molar-refractivity contribution in [3.8, 4) is 0 Å². The number of hydrogen-bond donors (Lipinski definition) is 3. The van der Waals surface area contributed by atoms with Crippen LogP contribution in [0, 0.1) is 13.8 Å². The van der Waals surface area contributed by atoms with Gasteiger partial charge in [-0.15, -0.1) is 0 Å². The molecule has 1 aliphatic heterocycles. The van der Waals surface area contributed by atoms with E-state index in [1.807, 2.05) is 12.1 Å². The van der Waals surface area contributed by atoms with Gasteiger partial charge >= 0.3 is 0 Å². The van der Waals surface area contributed by atoms with Gasteiger partial charge in [0.25, 0.3) is 10.0 Å². The molecule has 3 N–H and O–H groups in total. The smallest absolute Gasteiger partial charge is 0.265 e. The highest BCUT2D eigenvalue weighted by molar-refractivity contribution is 7.92. The van der Waals surface area contributed by atoms with Crippen molar-refractivity contribution in [3.05, 3.63) is 35.7 Å². The van der Waals surface area contributed by atoms with Gasteiger partial charge in [0, 0.05) is 24.5 Å². The number of anilines is 2. The molecule has 1 aromatic carbocycles. The second-order valence-corrected chi connectivity index (χ2v) is 7.58. The molecule has 130 valence electrons. The van der Waals surface area contributed by atoms with Gasteiger partial charge in [0.1, 0.15) is 4.90 Å². The molecule has 8 heteroatoms. The van der Waals surface area contributed by atoms with E-state index in [2.05, 4.69) is 20.2 Å².